The Labute approximate surface area is 89.2 Å². The van der Waals surface area contributed by atoms with Crippen molar-refractivity contribution in [2.45, 2.75) is 0 Å². The topological polar surface area (TPSA) is 42.1 Å². The molecule has 0 saturated carbocycles. The second-order valence-electron chi connectivity index (χ2n) is 2.88. The number of carbonyl (C=O) groups is 1. The summed E-state index contributed by atoms with van der Waals surface area (Å²) in [6, 6.07) is 5.51. The van der Waals surface area contributed by atoms with Crippen LogP contribution in [0.4, 0.5) is 0 Å². The molecule has 0 amide bonds. The van der Waals surface area contributed by atoms with Gasteiger partial charge in [0.1, 0.15) is 5.75 Å². The summed E-state index contributed by atoms with van der Waals surface area (Å²) in [5.74, 6) is 0.757. The number of methoxy groups -OCH3 is 1. The molecule has 0 aliphatic rings. The van der Waals surface area contributed by atoms with Gasteiger partial charge in [-0.3, -0.25) is 4.79 Å². The summed E-state index contributed by atoms with van der Waals surface area (Å²) in [7, 11) is 1.61. The summed E-state index contributed by atoms with van der Waals surface area (Å²) in [6.07, 6.45) is 0.784. The third kappa shape index (κ3) is 1.32. The Kier molecular flexibility index (Phi) is 2.29. The van der Waals surface area contributed by atoms with Crippen LogP contribution in [0.15, 0.2) is 22.7 Å². The molecule has 0 atom stereocenters. The number of rotatable bonds is 2. The summed E-state index contributed by atoms with van der Waals surface area (Å²) < 4.78 is 6.10. The number of halogens is 1. The van der Waals surface area contributed by atoms with Crippen molar-refractivity contribution in [3.8, 4) is 5.75 Å². The number of H-pyrrole nitrogens is 1. The number of carbonyl (C=O) groups excluding carboxylic acids is 1. The van der Waals surface area contributed by atoms with E-state index in [-0.39, 0.29) is 0 Å². The number of hydrogen-bond donors (Lipinski definition) is 1. The Bertz CT molecular complexity index is 490. The highest BCUT2D eigenvalue weighted by Crippen LogP contribution is 2.31. The number of hydrogen-bond acceptors (Lipinski definition) is 2. The molecular weight excluding hydrogens is 246 g/mol. The number of fused-ring (bicyclic) bond motifs is 1. The van der Waals surface area contributed by atoms with Crippen molar-refractivity contribution in [2.75, 3.05) is 7.11 Å². The van der Waals surface area contributed by atoms with Gasteiger partial charge in [0.05, 0.1) is 18.3 Å². The molecule has 1 N–H and O–H groups in total. The number of aromatic amines is 1. The minimum atomic E-state index is 0.546. The highest BCUT2D eigenvalue weighted by molar-refractivity contribution is 9.10. The summed E-state index contributed by atoms with van der Waals surface area (Å²) in [5, 5.41) is 0.906. The molecule has 1 heterocycles. The molecule has 1 aromatic heterocycles. The molecule has 0 fully saturated rings. The van der Waals surface area contributed by atoms with Crippen LogP contribution in [0.3, 0.4) is 0 Å². The van der Waals surface area contributed by atoms with E-state index in [1.807, 2.05) is 12.1 Å². The van der Waals surface area contributed by atoms with Gasteiger partial charge in [-0.15, -0.1) is 0 Å². The standard InChI is InChI=1S/C10H8BrNO2/c1-14-9-3-2-8(11)10-7(9)4-6(5-13)12-10/h2-5,12H,1H3. The third-order valence-corrected chi connectivity index (χ3v) is 2.73. The molecule has 1 aromatic carbocycles. The Balaban J connectivity index is 2.81. The molecule has 2 rings (SSSR count). The van der Waals surface area contributed by atoms with E-state index >= 15 is 0 Å². The monoisotopic (exact) mass is 253 g/mol. The van der Waals surface area contributed by atoms with Crippen LogP contribution in [0.25, 0.3) is 10.9 Å². The number of benzene rings is 1. The summed E-state index contributed by atoms with van der Waals surface area (Å²) >= 11 is 3.40. The molecule has 4 heteroatoms. The molecular formula is C10H8BrNO2. The van der Waals surface area contributed by atoms with Crippen molar-refractivity contribution in [1.29, 1.82) is 0 Å². The van der Waals surface area contributed by atoms with Crippen LogP contribution < -0.4 is 4.74 Å². The second-order valence-corrected chi connectivity index (χ2v) is 3.74. The fraction of sp³-hybridized carbons (Fsp3) is 0.100. The van der Waals surface area contributed by atoms with Crippen LogP contribution in [0.1, 0.15) is 10.5 Å². The SMILES string of the molecule is COc1ccc(Br)c2[nH]c(C=O)cc12. The Morgan fingerprint density at radius 2 is 2.29 bits per heavy atom. The molecule has 0 radical (unpaired) electrons. The van der Waals surface area contributed by atoms with E-state index in [1.54, 1.807) is 13.2 Å². The Morgan fingerprint density at radius 1 is 1.50 bits per heavy atom. The highest BCUT2D eigenvalue weighted by atomic mass is 79.9. The molecule has 0 unspecified atom stereocenters. The molecule has 14 heavy (non-hydrogen) atoms. The first-order chi connectivity index (χ1) is 6.76. The molecule has 72 valence electrons. The van der Waals surface area contributed by atoms with Crippen LogP contribution >= 0.6 is 15.9 Å². The van der Waals surface area contributed by atoms with Gasteiger partial charge in [0.25, 0.3) is 0 Å². The van der Waals surface area contributed by atoms with Crippen molar-refractivity contribution >= 4 is 33.1 Å². The van der Waals surface area contributed by atoms with Gasteiger partial charge in [0.2, 0.25) is 0 Å². The van der Waals surface area contributed by atoms with Crippen LogP contribution in [-0.4, -0.2) is 18.4 Å². The summed E-state index contributed by atoms with van der Waals surface area (Å²) in [6.45, 7) is 0. The lowest BCUT2D eigenvalue weighted by Gasteiger charge is -2.01. The molecule has 0 spiro atoms. The van der Waals surface area contributed by atoms with Gasteiger partial charge >= 0.3 is 0 Å². The van der Waals surface area contributed by atoms with Crippen LogP contribution in [-0.2, 0) is 0 Å². The van der Waals surface area contributed by atoms with Gasteiger partial charge < -0.3 is 9.72 Å². The van der Waals surface area contributed by atoms with Crippen LogP contribution in [0.5, 0.6) is 5.75 Å². The molecule has 0 bridgehead atoms. The van der Waals surface area contributed by atoms with Crippen molar-refractivity contribution in [1.82, 2.24) is 4.98 Å². The number of ether oxygens (including phenoxy) is 1. The van der Waals surface area contributed by atoms with E-state index < -0.39 is 0 Å². The zero-order chi connectivity index (χ0) is 10.1. The van der Waals surface area contributed by atoms with Gasteiger partial charge in [0, 0.05) is 9.86 Å². The second kappa shape index (κ2) is 3.46. The van der Waals surface area contributed by atoms with Gasteiger partial charge in [0.15, 0.2) is 6.29 Å². The van der Waals surface area contributed by atoms with E-state index in [1.165, 1.54) is 0 Å². The number of nitrogens with one attached hydrogen (secondary N) is 1. The molecule has 0 saturated heterocycles. The minimum Gasteiger partial charge on any atom is -0.496 e. The summed E-state index contributed by atoms with van der Waals surface area (Å²) in [5.41, 5.74) is 1.43. The predicted octanol–water partition coefficient (Wildman–Crippen LogP) is 2.75. The Hall–Kier alpha value is -1.29. The van der Waals surface area contributed by atoms with Crippen LogP contribution in [0, 0.1) is 0 Å². The highest BCUT2D eigenvalue weighted by Gasteiger charge is 2.08. The lowest BCUT2D eigenvalue weighted by atomic mass is 10.2. The fourth-order valence-electron chi connectivity index (χ4n) is 1.42. The first kappa shape index (κ1) is 9.27. The quantitative estimate of drug-likeness (QED) is 0.837. The van der Waals surface area contributed by atoms with Crippen LogP contribution in [0.2, 0.25) is 0 Å². The fourth-order valence-corrected chi connectivity index (χ4v) is 1.87. The maximum absolute atomic E-state index is 10.6. The van der Waals surface area contributed by atoms with Crippen molar-refractivity contribution in [3.05, 3.63) is 28.4 Å². The zero-order valence-corrected chi connectivity index (χ0v) is 9.09. The molecule has 0 aliphatic heterocycles. The van der Waals surface area contributed by atoms with Crippen molar-refractivity contribution < 1.29 is 9.53 Å². The number of aldehydes is 1. The van der Waals surface area contributed by atoms with E-state index in [0.717, 1.165) is 27.4 Å². The lowest BCUT2D eigenvalue weighted by Crippen LogP contribution is -1.83. The van der Waals surface area contributed by atoms with Gasteiger partial charge in [-0.2, -0.15) is 0 Å². The van der Waals surface area contributed by atoms with E-state index in [2.05, 4.69) is 20.9 Å². The maximum atomic E-state index is 10.6. The average molecular weight is 254 g/mol. The van der Waals surface area contributed by atoms with Gasteiger partial charge in [-0.05, 0) is 34.1 Å². The number of aromatic nitrogens is 1. The van der Waals surface area contributed by atoms with E-state index in [9.17, 15) is 4.79 Å². The molecule has 0 aliphatic carbocycles. The minimum absolute atomic E-state index is 0.546. The maximum Gasteiger partial charge on any atom is 0.166 e. The van der Waals surface area contributed by atoms with Gasteiger partial charge in [-0.1, -0.05) is 0 Å². The third-order valence-electron chi connectivity index (χ3n) is 2.07. The van der Waals surface area contributed by atoms with Crippen molar-refractivity contribution in [2.24, 2.45) is 0 Å². The van der Waals surface area contributed by atoms with E-state index in [4.69, 9.17) is 4.74 Å². The predicted molar refractivity (Wildman–Crippen MR) is 57.9 cm³/mol. The first-order valence-electron chi connectivity index (χ1n) is 4.06. The molecule has 2 aromatic rings. The lowest BCUT2D eigenvalue weighted by molar-refractivity contribution is 0.112. The average Bonchev–Trinajstić information content (AvgIpc) is 2.63. The zero-order valence-electron chi connectivity index (χ0n) is 7.50. The first-order valence-corrected chi connectivity index (χ1v) is 4.86. The summed E-state index contributed by atoms with van der Waals surface area (Å²) in [4.78, 5) is 13.6. The van der Waals surface area contributed by atoms with E-state index in [0.29, 0.717) is 5.69 Å². The Morgan fingerprint density at radius 3 is 2.93 bits per heavy atom. The largest absolute Gasteiger partial charge is 0.496 e. The normalized spacial score (nSPS) is 10.4. The van der Waals surface area contributed by atoms with Gasteiger partial charge in [-0.25, -0.2) is 0 Å². The van der Waals surface area contributed by atoms with Crippen molar-refractivity contribution in [3.63, 3.8) is 0 Å². The molecule has 3 nitrogen and oxygen atoms in total. The smallest absolute Gasteiger partial charge is 0.166 e.